The average molecular weight is 273 g/mol. The summed E-state index contributed by atoms with van der Waals surface area (Å²) in [6, 6.07) is 8.06. The highest BCUT2D eigenvalue weighted by atomic mass is 16.3. The molecule has 1 heterocycles. The molecule has 0 fully saturated rings. The third kappa shape index (κ3) is 3.86. The number of phenols is 1. The highest BCUT2D eigenvalue weighted by molar-refractivity contribution is 5.81. The van der Waals surface area contributed by atoms with Crippen molar-refractivity contribution in [3.63, 3.8) is 0 Å². The number of nitrogens with two attached hydrogens (primary N) is 1. The average Bonchev–Trinajstić information content (AvgIpc) is 2.84. The van der Waals surface area contributed by atoms with Gasteiger partial charge in [-0.05, 0) is 35.7 Å². The molecule has 4 N–H and O–H groups in total. The van der Waals surface area contributed by atoms with Gasteiger partial charge in [-0.2, -0.15) is 0 Å². The van der Waals surface area contributed by atoms with Crippen molar-refractivity contribution in [1.29, 1.82) is 0 Å². The molecule has 0 saturated carbocycles. The van der Waals surface area contributed by atoms with Crippen molar-refractivity contribution >= 4 is 5.91 Å². The number of phenolic OH excluding ortho intramolecular Hbond substituents is 1. The quantitative estimate of drug-likeness (QED) is 0.757. The van der Waals surface area contributed by atoms with E-state index in [9.17, 15) is 9.90 Å². The summed E-state index contributed by atoms with van der Waals surface area (Å²) < 4.78 is 1.93. The van der Waals surface area contributed by atoms with Gasteiger partial charge < -0.3 is 20.7 Å². The molecule has 2 aromatic rings. The standard InChI is InChI=1S/C15H19N3O2/c1-18-7-6-12(10-18)9-17-15(20)14(16)8-11-2-4-13(19)5-3-11/h2-7,10,14,19H,8-9,16H2,1H3,(H,17,20)/t14-/m1/s1. The monoisotopic (exact) mass is 273 g/mol. The Balaban J connectivity index is 1.84. The molecule has 2 rings (SSSR count). The van der Waals surface area contributed by atoms with Gasteiger partial charge in [-0.25, -0.2) is 0 Å². The predicted molar refractivity (Wildman–Crippen MR) is 77.0 cm³/mol. The minimum Gasteiger partial charge on any atom is -0.508 e. The molecule has 0 aliphatic rings. The molecular weight excluding hydrogens is 254 g/mol. The molecule has 5 heteroatoms. The molecule has 0 spiro atoms. The van der Waals surface area contributed by atoms with Crippen LogP contribution in [0.5, 0.6) is 5.75 Å². The van der Waals surface area contributed by atoms with Gasteiger partial charge in [-0.3, -0.25) is 4.79 Å². The van der Waals surface area contributed by atoms with Crippen LogP contribution < -0.4 is 11.1 Å². The fourth-order valence-electron chi connectivity index (χ4n) is 1.96. The van der Waals surface area contributed by atoms with Crippen molar-refractivity contribution in [2.75, 3.05) is 0 Å². The molecule has 1 aromatic carbocycles. The molecule has 5 nitrogen and oxygen atoms in total. The van der Waals surface area contributed by atoms with Gasteiger partial charge >= 0.3 is 0 Å². The number of aryl methyl sites for hydroxylation is 1. The maximum atomic E-state index is 11.9. The van der Waals surface area contributed by atoms with Gasteiger partial charge in [-0.15, -0.1) is 0 Å². The molecule has 1 amide bonds. The van der Waals surface area contributed by atoms with Crippen LogP contribution in [0.2, 0.25) is 0 Å². The van der Waals surface area contributed by atoms with Gasteiger partial charge in [0.15, 0.2) is 0 Å². The van der Waals surface area contributed by atoms with E-state index in [1.165, 1.54) is 0 Å². The van der Waals surface area contributed by atoms with Crippen LogP contribution >= 0.6 is 0 Å². The minimum absolute atomic E-state index is 0.179. The first-order chi connectivity index (χ1) is 9.54. The van der Waals surface area contributed by atoms with E-state index in [0.717, 1.165) is 11.1 Å². The Kier molecular flexibility index (Phi) is 4.42. The molecular formula is C15H19N3O2. The largest absolute Gasteiger partial charge is 0.508 e. The fraction of sp³-hybridized carbons (Fsp3) is 0.267. The third-order valence-electron chi connectivity index (χ3n) is 3.09. The van der Waals surface area contributed by atoms with Gasteiger partial charge in [0.25, 0.3) is 0 Å². The summed E-state index contributed by atoms with van der Waals surface area (Å²) >= 11 is 0. The second-order valence-corrected chi connectivity index (χ2v) is 4.88. The number of carbonyl (C=O) groups is 1. The summed E-state index contributed by atoms with van der Waals surface area (Å²) in [5.74, 6) is 0.0257. The van der Waals surface area contributed by atoms with Crippen LogP contribution in [0.4, 0.5) is 0 Å². The number of aromatic nitrogens is 1. The normalized spacial score (nSPS) is 12.1. The molecule has 0 bridgehead atoms. The van der Waals surface area contributed by atoms with E-state index in [2.05, 4.69) is 5.32 Å². The lowest BCUT2D eigenvalue weighted by Crippen LogP contribution is -2.41. The van der Waals surface area contributed by atoms with Crippen molar-refractivity contribution < 1.29 is 9.90 Å². The molecule has 106 valence electrons. The molecule has 1 aromatic heterocycles. The van der Waals surface area contributed by atoms with E-state index in [1.807, 2.05) is 30.1 Å². The van der Waals surface area contributed by atoms with Gasteiger partial charge in [0.2, 0.25) is 5.91 Å². The maximum Gasteiger partial charge on any atom is 0.237 e. The number of hydrogen-bond donors (Lipinski definition) is 3. The summed E-state index contributed by atoms with van der Waals surface area (Å²) in [6.07, 6.45) is 4.32. The maximum absolute atomic E-state index is 11.9. The molecule has 1 atom stereocenters. The van der Waals surface area contributed by atoms with E-state index in [4.69, 9.17) is 5.73 Å². The topological polar surface area (TPSA) is 80.3 Å². The Labute approximate surface area is 118 Å². The van der Waals surface area contributed by atoms with Crippen molar-refractivity contribution in [2.45, 2.75) is 19.0 Å². The van der Waals surface area contributed by atoms with E-state index in [1.54, 1.807) is 24.3 Å². The Morgan fingerprint density at radius 2 is 2.00 bits per heavy atom. The second kappa shape index (κ2) is 6.25. The number of amides is 1. The lowest BCUT2D eigenvalue weighted by molar-refractivity contribution is -0.122. The van der Waals surface area contributed by atoms with Gasteiger partial charge in [0, 0.05) is 26.0 Å². The van der Waals surface area contributed by atoms with Crippen molar-refractivity contribution in [2.24, 2.45) is 12.8 Å². The van der Waals surface area contributed by atoms with Crippen LogP contribution in [0, 0.1) is 0 Å². The van der Waals surface area contributed by atoms with Crippen LogP contribution in [0.3, 0.4) is 0 Å². The smallest absolute Gasteiger partial charge is 0.237 e. The summed E-state index contributed by atoms with van der Waals surface area (Å²) in [4.78, 5) is 11.9. The number of benzene rings is 1. The SMILES string of the molecule is Cn1ccc(CNC(=O)[C@H](N)Cc2ccc(O)cc2)c1. The van der Waals surface area contributed by atoms with Crippen LogP contribution in [0.25, 0.3) is 0 Å². The highest BCUT2D eigenvalue weighted by Gasteiger charge is 2.13. The number of carbonyl (C=O) groups excluding carboxylic acids is 1. The highest BCUT2D eigenvalue weighted by Crippen LogP contribution is 2.11. The molecule has 0 radical (unpaired) electrons. The second-order valence-electron chi connectivity index (χ2n) is 4.88. The molecule has 20 heavy (non-hydrogen) atoms. The van der Waals surface area contributed by atoms with Crippen LogP contribution in [0.15, 0.2) is 42.7 Å². The minimum atomic E-state index is -0.594. The molecule has 0 aliphatic heterocycles. The fourth-order valence-corrected chi connectivity index (χ4v) is 1.96. The number of nitrogens with zero attached hydrogens (tertiary/aromatic N) is 1. The van der Waals surface area contributed by atoms with Crippen molar-refractivity contribution in [3.05, 3.63) is 53.9 Å². The molecule has 0 aliphatic carbocycles. The number of hydrogen-bond acceptors (Lipinski definition) is 3. The van der Waals surface area contributed by atoms with Gasteiger partial charge in [0.1, 0.15) is 5.75 Å². The first kappa shape index (κ1) is 14.1. The zero-order valence-electron chi connectivity index (χ0n) is 11.4. The Bertz CT molecular complexity index is 575. The van der Waals surface area contributed by atoms with Crippen LogP contribution in [0.1, 0.15) is 11.1 Å². The number of rotatable bonds is 5. The summed E-state index contributed by atoms with van der Waals surface area (Å²) in [6.45, 7) is 0.475. The van der Waals surface area contributed by atoms with Crippen molar-refractivity contribution in [1.82, 2.24) is 9.88 Å². The van der Waals surface area contributed by atoms with Crippen molar-refractivity contribution in [3.8, 4) is 5.75 Å². The van der Waals surface area contributed by atoms with E-state index < -0.39 is 6.04 Å². The van der Waals surface area contributed by atoms with E-state index >= 15 is 0 Å². The third-order valence-corrected chi connectivity index (χ3v) is 3.09. The molecule has 0 unspecified atom stereocenters. The van der Waals surface area contributed by atoms with Crippen LogP contribution in [-0.2, 0) is 24.8 Å². The predicted octanol–water partition coefficient (Wildman–Crippen LogP) is 0.917. The molecule has 0 saturated heterocycles. The lowest BCUT2D eigenvalue weighted by Gasteiger charge is -2.12. The number of nitrogens with one attached hydrogen (secondary N) is 1. The number of aromatic hydroxyl groups is 1. The Hall–Kier alpha value is -2.27. The van der Waals surface area contributed by atoms with Gasteiger partial charge in [0.05, 0.1) is 6.04 Å². The Morgan fingerprint density at radius 3 is 2.60 bits per heavy atom. The van der Waals surface area contributed by atoms with E-state index in [0.29, 0.717) is 13.0 Å². The summed E-state index contributed by atoms with van der Waals surface area (Å²) in [7, 11) is 1.93. The van der Waals surface area contributed by atoms with E-state index in [-0.39, 0.29) is 11.7 Å². The van der Waals surface area contributed by atoms with Crippen LogP contribution in [-0.4, -0.2) is 21.6 Å². The zero-order chi connectivity index (χ0) is 14.5. The summed E-state index contributed by atoms with van der Waals surface area (Å²) in [5, 5.41) is 12.0. The van der Waals surface area contributed by atoms with Gasteiger partial charge in [-0.1, -0.05) is 12.1 Å². The lowest BCUT2D eigenvalue weighted by atomic mass is 10.1. The zero-order valence-corrected chi connectivity index (χ0v) is 11.4. The first-order valence-corrected chi connectivity index (χ1v) is 6.46. The first-order valence-electron chi connectivity index (χ1n) is 6.46. The Morgan fingerprint density at radius 1 is 1.30 bits per heavy atom. The summed E-state index contributed by atoms with van der Waals surface area (Å²) in [5.41, 5.74) is 7.84.